The lowest BCUT2D eigenvalue weighted by Gasteiger charge is -2.38. The maximum atomic E-state index is 12.5. The number of carbonyl (C=O) groups is 2. The zero-order valence-electron chi connectivity index (χ0n) is 15.8. The third kappa shape index (κ3) is 5.21. The number of nitrogens with zero attached hydrogens (tertiary/aromatic N) is 2. The molecule has 2 aliphatic heterocycles. The molecule has 0 unspecified atom stereocenters. The molecular formula is C20H27ClN2O4. The Labute approximate surface area is 165 Å². The fourth-order valence-electron chi connectivity index (χ4n) is 3.89. The van der Waals surface area contributed by atoms with Crippen molar-refractivity contribution in [1.82, 2.24) is 9.80 Å². The molecule has 0 atom stereocenters. The van der Waals surface area contributed by atoms with Crippen LogP contribution in [0.15, 0.2) is 24.3 Å². The van der Waals surface area contributed by atoms with E-state index in [-0.39, 0.29) is 23.8 Å². The third-order valence-electron chi connectivity index (χ3n) is 5.53. The molecule has 1 spiro atoms. The fourth-order valence-corrected chi connectivity index (χ4v) is 4.02. The molecular weight excluding hydrogens is 368 g/mol. The highest BCUT2D eigenvalue weighted by molar-refractivity contribution is 6.30. The van der Waals surface area contributed by atoms with Gasteiger partial charge in [-0.2, -0.15) is 0 Å². The average Bonchev–Trinajstić information content (AvgIpc) is 2.96. The van der Waals surface area contributed by atoms with E-state index in [9.17, 15) is 9.59 Å². The number of rotatable bonds is 7. The van der Waals surface area contributed by atoms with Crippen LogP contribution in [0.3, 0.4) is 0 Å². The summed E-state index contributed by atoms with van der Waals surface area (Å²) in [4.78, 5) is 28.5. The van der Waals surface area contributed by atoms with Gasteiger partial charge in [0.25, 0.3) is 0 Å². The standard InChI is InChI=1S/C20H27ClN2O4/c1-26-10-11-27-14-19(25)22-8-6-20(7-9-22)12-18(24)23(15-20)13-16-2-4-17(21)5-3-16/h2-5H,6-15H2,1H3. The van der Waals surface area contributed by atoms with Gasteiger partial charge in [-0.25, -0.2) is 0 Å². The number of piperidine rings is 1. The maximum Gasteiger partial charge on any atom is 0.248 e. The second-order valence-corrected chi connectivity index (χ2v) is 7.92. The summed E-state index contributed by atoms with van der Waals surface area (Å²) in [5, 5.41) is 0.700. The molecule has 27 heavy (non-hydrogen) atoms. The van der Waals surface area contributed by atoms with Gasteiger partial charge in [0.2, 0.25) is 11.8 Å². The largest absolute Gasteiger partial charge is 0.382 e. The van der Waals surface area contributed by atoms with Crippen LogP contribution >= 0.6 is 11.6 Å². The van der Waals surface area contributed by atoms with E-state index in [4.69, 9.17) is 21.1 Å². The predicted octanol–water partition coefficient (Wildman–Crippen LogP) is 2.34. The molecule has 0 aliphatic carbocycles. The minimum atomic E-state index is -0.00278. The van der Waals surface area contributed by atoms with Gasteiger partial charge in [-0.05, 0) is 30.5 Å². The molecule has 1 aromatic carbocycles. The van der Waals surface area contributed by atoms with Gasteiger partial charge in [-0.1, -0.05) is 23.7 Å². The Kier molecular flexibility index (Phi) is 6.73. The van der Waals surface area contributed by atoms with Crippen LogP contribution in [0.25, 0.3) is 0 Å². The molecule has 1 aromatic rings. The molecule has 0 N–H and O–H groups in total. The van der Waals surface area contributed by atoms with E-state index >= 15 is 0 Å². The van der Waals surface area contributed by atoms with E-state index in [1.54, 1.807) is 7.11 Å². The van der Waals surface area contributed by atoms with Crippen molar-refractivity contribution in [2.24, 2.45) is 5.41 Å². The Morgan fingerprint density at radius 2 is 1.89 bits per heavy atom. The molecule has 0 radical (unpaired) electrons. The molecule has 0 saturated carbocycles. The summed E-state index contributed by atoms with van der Waals surface area (Å²) in [6, 6.07) is 7.63. The number of likely N-dealkylation sites (tertiary alicyclic amines) is 2. The number of carbonyl (C=O) groups excluding carboxylic acids is 2. The van der Waals surface area contributed by atoms with Gasteiger partial charge in [0.05, 0.1) is 13.2 Å². The van der Waals surface area contributed by atoms with Crippen LogP contribution in [0.4, 0.5) is 0 Å². The van der Waals surface area contributed by atoms with Crippen LogP contribution in [0.1, 0.15) is 24.8 Å². The molecule has 6 nitrogen and oxygen atoms in total. The normalized spacial score (nSPS) is 19.1. The molecule has 2 heterocycles. The van der Waals surface area contributed by atoms with Crippen molar-refractivity contribution in [3.05, 3.63) is 34.9 Å². The van der Waals surface area contributed by atoms with E-state index in [0.717, 1.165) is 24.9 Å². The molecule has 148 valence electrons. The lowest BCUT2D eigenvalue weighted by atomic mass is 9.77. The summed E-state index contributed by atoms with van der Waals surface area (Å²) in [5.41, 5.74) is 1.09. The summed E-state index contributed by atoms with van der Waals surface area (Å²) in [7, 11) is 1.61. The van der Waals surface area contributed by atoms with Crippen LogP contribution in [-0.2, 0) is 25.6 Å². The number of ether oxygens (including phenoxy) is 2. The van der Waals surface area contributed by atoms with Crippen molar-refractivity contribution in [3.63, 3.8) is 0 Å². The van der Waals surface area contributed by atoms with E-state index < -0.39 is 0 Å². The maximum absolute atomic E-state index is 12.5. The zero-order chi connectivity index (χ0) is 19.3. The Balaban J connectivity index is 1.48. The van der Waals surface area contributed by atoms with E-state index in [1.807, 2.05) is 34.1 Å². The van der Waals surface area contributed by atoms with Crippen molar-refractivity contribution in [2.75, 3.05) is 46.6 Å². The van der Waals surface area contributed by atoms with Crippen LogP contribution in [-0.4, -0.2) is 68.2 Å². The Morgan fingerprint density at radius 1 is 1.19 bits per heavy atom. The van der Waals surface area contributed by atoms with Crippen LogP contribution in [0.2, 0.25) is 5.02 Å². The highest BCUT2D eigenvalue weighted by Crippen LogP contribution is 2.41. The molecule has 3 rings (SSSR count). The first-order chi connectivity index (χ1) is 13.0. The smallest absolute Gasteiger partial charge is 0.248 e. The first kappa shape index (κ1) is 20.1. The number of hydrogen-bond acceptors (Lipinski definition) is 4. The highest BCUT2D eigenvalue weighted by Gasteiger charge is 2.45. The lowest BCUT2D eigenvalue weighted by molar-refractivity contribution is -0.138. The van der Waals surface area contributed by atoms with Crippen LogP contribution in [0.5, 0.6) is 0 Å². The lowest BCUT2D eigenvalue weighted by Crippen LogP contribution is -2.45. The van der Waals surface area contributed by atoms with Gasteiger partial charge in [-0.15, -0.1) is 0 Å². The van der Waals surface area contributed by atoms with Gasteiger partial charge in [0.1, 0.15) is 6.61 Å². The quantitative estimate of drug-likeness (QED) is 0.666. The van der Waals surface area contributed by atoms with Gasteiger partial charge in [-0.3, -0.25) is 9.59 Å². The molecule has 0 aromatic heterocycles. The summed E-state index contributed by atoms with van der Waals surface area (Å²) in [5.74, 6) is 0.218. The number of benzene rings is 1. The van der Waals surface area contributed by atoms with Crippen LogP contribution in [0, 0.1) is 5.41 Å². The van der Waals surface area contributed by atoms with Gasteiger partial charge < -0.3 is 19.3 Å². The summed E-state index contributed by atoms with van der Waals surface area (Å²) in [6.45, 7) is 3.77. The van der Waals surface area contributed by atoms with E-state index in [0.29, 0.717) is 44.3 Å². The van der Waals surface area contributed by atoms with Crippen LogP contribution < -0.4 is 0 Å². The molecule has 2 amide bonds. The van der Waals surface area contributed by atoms with Crippen molar-refractivity contribution >= 4 is 23.4 Å². The van der Waals surface area contributed by atoms with Crippen molar-refractivity contribution in [1.29, 1.82) is 0 Å². The SMILES string of the molecule is COCCOCC(=O)N1CCC2(CC1)CC(=O)N(Cc1ccc(Cl)cc1)C2. The van der Waals surface area contributed by atoms with Crippen molar-refractivity contribution in [2.45, 2.75) is 25.8 Å². The van der Waals surface area contributed by atoms with Gasteiger partial charge >= 0.3 is 0 Å². The molecule has 7 heteroatoms. The summed E-state index contributed by atoms with van der Waals surface area (Å²) >= 11 is 5.93. The van der Waals surface area contributed by atoms with E-state index in [1.165, 1.54) is 0 Å². The molecule has 2 aliphatic rings. The predicted molar refractivity (Wildman–Crippen MR) is 102 cm³/mol. The summed E-state index contributed by atoms with van der Waals surface area (Å²) < 4.78 is 10.2. The van der Waals surface area contributed by atoms with Crippen molar-refractivity contribution < 1.29 is 19.1 Å². The monoisotopic (exact) mass is 394 g/mol. The first-order valence-corrected chi connectivity index (χ1v) is 9.76. The minimum absolute atomic E-state index is 0.00278. The second-order valence-electron chi connectivity index (χ2n) is 7.48. The first-order valence-electron chi connectivity index (χ1n) is 9.38. The van der Waals surface area contributed by atoms with Gasteiger partial charge in [0.15, 0.2) is 0 Å². The Hall–Kier alpha value is -1.63. The highest BCUT2D eigenvalue weighted by atomic mass is 35.5. The topological polar surface area (TPSA) is 59.1 Å². The summed E-state index contributed by atoms with van der Waals surface area (Å²) in [6.07, 6.45) is 2.30. The molecule has 2 saturated heterocycles. The third-order valence-corrected chi connectivity index (χ3v) is 5.78. The second kappa shape index (κ2) is 9.04. The Bertz CT molecular complexity index is 656. The number of methoxy groups -OCH3 is 1. The van der Waals surface area contributed by atoms with E-state index in [2.05, 4.69) is 0 Å². The van der Waals surface area contributed by atoms with Gasteiger partial charge in [0, 0.05) is 50.1 Å². The number of hydrogen-bond donors (Lipinski definition) is 0. The number of halogens is 1. The fraction of sp³-hybridized carbons (Fsp3) is 0.600. The zero-order valence-corrected chi connectivity index (χ0v) is 16.5. The Morgan fingerprint density at radius 3 is 2.56 bits per heavy atom. The molecule has 0 bridgehead atoms. The number of amides is 2. The molecule has 2 fully saturated rings. The van der Waals surface area contributed by atoms with Crippen molar-refractivity contribution in [3.8, 4) is 0 Å². The minimum Gasteiger partial charge on any atom is -0.382 e. The average molecular weight is 395 g/mol.